The number of rotatable bonds is 8. The first-order chi connectivity index (χ1) is 18.4. The van der Waals surface area contributed by atoms with Gasteiger partial charge in [-0.2, -0.15) is 4.31 Å². The van der Waals surface area contributed by atoms with Gasteiger partial charge in [-0.1, -0.05) is 58.5 Å². The molecule has 2 saturated heterocycles. The molecule has 2 atom stereocenters. The van der Waals surface area contributed by atoms with E-state index >= 15 is 0 Å². The first-order valence-corrected chi connectivity index (χ1v) is 15.8. The molecular weight excluding hydrogens is 644 g/mol. The quantitative estimate of drug-likeness (QED) is 0.381. The molecule has 0 aromatic heterocycles. The number of likely N-dealkylation sites (tertiary alicyclic amines) is 1. The molecule has 2 aliphatic heterocycles. The first-order valence-electron chi connectivity index (χ1n) is 12.4. The Hall–Kier alpha value is -1.30. The lowest BCUT2D eigenvalue weighted by Crippen LogP contribution is -2.59. The molecule has 2 aromatic rings. The summed E-state index contributed by atoms with van der Waals surface area (Å²) in [7, 11) is -3.42. The molecule has 0 saturated carbocycles. The molecule has 40 heavy (non-hydrogen) atoms. The van der Waals surface area contributed by atoms with E-state index in [0.29, 0.717) is 51.7 Å². The number of piperazine rings is 1. The standard InChI is InChI=1S/C26H29Cl4N3O5S.ClH/c1-39(36,37)32-8-9-33(25(34)12-17-2-4-21(27)23(29)10-17)19(15-32)14-31-7-6-20(16-31)38-26(35)13-18-3-5-22(28)24(30)11-18;/h2-5,10-11,19-20H,6-9,12-16H2,1H3;1H. The number of carbonyl (C=O) groups is 2. The second kappa shape index (κ2) is 14.2. The Morgan fingerprint density at radius 3 is 2.05 bits per heavy atom. The third kappa shape index (κ3) is 8.85. The predicted octanol–water partition coefficient (Wildman–Crippen LogP) is 4.60. The van der Waals surface area contributed by atoms with Crippen molar-refractivity contribution in [1.29, 1.82) is 0 Å². The molecule has 1 amide bonds. The zero-order valence-corrected chi connectivity index (χ0v) is 26.4. The molecule has 4 rings (SSSR count). The Morgan fingerprint density at radius 2 is 1.48 bits per heavy atom. The number of benzene rings is 2. The Kier molecular flexibility index (Phi) is 11.8. The highest BCUT2D eigenvalue weighted by atomic mass is 35.5. The summed E-state index contributed by atoms with van der Waals surface area (Å²) in [4.78, 5) is 29.7. The summed E-state index contributed by atoms with van der Waals surface area (Å²) in [5.74, 6) is -0.477. The van der Waals surface area contributed by atoms with Crippen LogP contribution in [0, 0.1) is 0 Å². The number of nitrogens with zero attached hydrogens (tertiary/aromatic N) is 3. The number of amides is 1. The van der Waals surface area contributed by atoms with Gasteiger partial charge in [-0.3, -0.25) is 14.5 Å². The highest BCUT2D eigenvalue weighted by Crippen LogP contribution is 2.25. The Morgan fingerprint density at radius 1 is 0.875 bits per heavy atom. The number of sulfonamides is 1. The van der Waals surface area contributed by atoms with E-state index in [1.54, 1.807) is 41.3 Å². The monoisotopic (exact) mass is 671 g/mol. The molecule has 2 fully saturated rings. The van der Waals surface area contributed by atoms with Crippen LogP contribution in [0.15, 0.2) is 36.4 Å². The van der Waals surface area contributed by atoms with Crippen molar-refractivity contribution in [1.82, 2.24) is 14.1 Å². The van der Waals surface area contributed by atoms with Gasteiger partial charge in [0.2, 0.25) is 15.9 Å². The summed E-state index contributed by atoms with van der Waals surface area (Å²) in [6.07, 6.45) is 1.73. The molecule has 0 spiro atoms. The van der Waals surface area contributed by atoms with E-state index in [-0.39, 0.29) is 68.9 Å². The van der Waals surface area contributed by atoms with Crippen LogP contribution in [0.3, 0.4) is 0 Å². The molecule has 0 bridgehead atoms. The van der Waals surface area contributed by atoms with E-state index in [9.17, 15) is 18.0 Å². The van der Waals surface area contributed by atoms with Crippen molar-refractivity contribution in [3.05, 3.63) is 67.6 Å². The lowest BCUT2D eigenvalue weighted by atomic mass is 10.1. The molecule has 2 aromatic carbocycles. The van der Waals surface area contributed by atoms with Crippen molar-refractivity contribution < 1.29 is 22.7 Å². The Labute approximate surface area is 260 Å². The summed E-state index contributed by atoms with van der Waals surface area (Å²) >= 11 is 24.1. The van der Waals surface area contributed by atoms with Crippen molar-refractivity contribution in [2.45, 2.75) is 31.4 Å². The Balaban J connectivity index is 0.00000441. The molecule has 2 aliphatic rings. The number of hydrogen-bond donors (Lipinski definition) is 0. The molecule has 8 nitrogen and oxygen atoms in total. The average molecular weight is 674 g/mol. The zero-order valence-electron chi connectivity index (χ0n) is 21.7. The summed E-state index contributed by atoms with van der Waals surface area (Å²) in [6.45, 7) is 2.33. The van der Waals surface area contributed by atoms with Crippen molar-refractivity contribution in [2.75, 3.05) is 45.5 Å². The van der Waals surface area contributed by atoms with Gasteiger partial charge in [0.15, 0.2) is 0 Å². The van der Waals surface area contributed by atoms with Crippen LogP contribution in [0.4, 0.5) is 0 Å². The summed E-state index contributed by atoms with van der Waals surface area (Å²) < 4.78 is 31.7. The second-order valence-corrected chi connectivity index (χ2v) is 13.5. The first kappa shape index (κ1) is 33.2. The second-order valence-electron chi connectivity index (χ2n) is 9.87. The van der Waals surface area contributed by atoms with E-state index in [2.05, 4.69) is 4.90 Å². The number of ether oxygens (including phenoxy) is 1. The molecule has 14 heteroatoms. The minimum atomic E-state index is -3.42. The van der Waals surface area contributed by atoms with Crippen molar-refractivity contribution in [3.8, 4) is 0 Å². The van der Waals surface area contributed by atoms with Gasteiger partial charge in [-0.25, -0.2) is 8.42 Å². The van der Waals surface area contributed by atoms with Gasteiger partial charge in [-0.05, 0) is 41.8 Å². The van der Waals surface area contributed by atoms with Gasteiger partial charge < -0.3 is 9.64 Å². The van der Waals surface area contributed by atoms with Gasteiger partial charge in [0.05, 0.1) is 45.2 Å². The van der Waals surface area contributed by atoms with Gasteiger partial charge in [0.1, 0.15) is 6.10 Å². The maximum absolute atomic E-state index is 13.3. The van der Waals surface area contributed by atoms with Gasteiger partial charge in [0.25, 0.3) is 0 Å². The van der Waals surface area contributed by atoms with E-state index in [1.807, 2.05) is 0 Å². The fraction of sp³-hybridized carbons (Fsp3) is 0.462. The van der Waals surface area contributed by atoms with E-state index < -0.39 is 10.0 Å². The lowest BCUT2D eigenvalue weighted by Gasteiger charge is -2.42. The molecule has 220 valence electrons. The van der Waals surface area contributed by atoms with Crippen LogP contribution >= 0.6 is 58.8 Å². The molecule has 0 aliphatic carbocycles. The van der Waals surface area contributed by atoms with Crippen molar-refractivity contribution in [2.24, 2.45) is 0 Å². The maximum atomic E-state index is 13.3. The number of halogens is 5. The van der Waals surface area contributed by atoms with Gasteiger partial charge in [0, 0.05) is 39.3 Å². The SMILES string of the molecule is CS(=O)(=O)N1CCN(C(=O)Cc2ccc(Cl)c(Cl)c2)C(CN2CCC(OC(=O)Cc3ccc(Cl)c(Cl)c3)C2)C1.Cl. The van der Waals surface area contributed by atoms with Crippen LogP contribution < -0.4 is 0 Å². The maximum Gasteiger partial charge on any atom is 0.310 e. The summed E-state index contributed by atoms with van der Waals surface area (Å²) in [5, 5.41) is 1.58. The van der Waals surface area contributed by atoms with Crippen LogP contribution in [0.2, 0.25) is 20.1 Å². The lowest BCUT2D eigenvalue weighted by molar-refractivity contribution is -0.147. The topological polar surface area (TPSA) is 87.2 Å². The number of carbonyl (C=O) groups excluding carboxylic acids is 2. The average Bonchev–Trinajstić information content (AvgIpc) is 3.29. The fourth-order valence-electron chi connectivity index (χ4n) is 4.94. The summed E-state index contributed by atoms with van der Waals surface area (Å²) in [5.41, 5.74) is 1.44. The van der Waals surface area contributed by atoms with Crippen LogP contribution in [0.1, 0.15) is 17.5 Å². The summed E-state index contributed by atoms with van der Waals surface area (Å²) in [6, 6.07) is 9.74. The van der Waals surface area contributed by atoms with Crippen LogP contribution in [0.25, 0.3) is 0 Å². The fourth-order valence-corrected chi connectivity index (χ4v) is 6.44. The van der Waals surface area contributed by atoms with Crippen LogP contribution in [-0.4, -0.2) is 92.1 Å². The van der Waals surface area contributed by atoms with Crippen LogP contribution in [-0.2, 0) is 37.2 Å². The third-order valence-electron chi connectivity index (χ3n) is 6.90. The van der Waals surface area contributed by atoms with Crippen molar-refractivity contribution in [3.63, 3.8) is 0 Å². The molecule has 0 radical (unpaired) electrons. The zero-order chi connectivity index (χ0) is 28.3. The molecule has 2 heterocycles. The van der Waals surface area contributed by atoms with E-state index in [0.717, 1.165) is 5.56 Å². The number of hydrogen-bond acceptors (Lipinski definition) is 6. The number of esters is 1. The van der Waals surface area contributed by atoms with E-state index in [1.165, 1.54) is 10.6 Å². The van der Waals surface area contributed by atoms with Crippen LogP contribution in [0.5, 0.6) is 0 Å². The molecule has 0 N–H and O–H groups in total. The highest BCUT2D eigenvalue weighted by Gasteiger charge is 2.36. The molecule has 2 unspecified atom stereocenters. The largest absolute Gasteiger partial charge is 0.461 e. The normalized spacial score (nSPS) is 20.3. The smallest absolute Gasteiger partial charge is 0.310 e. The van der Waals surface area contributed by atoms with Gasteiger partial charge in [-0.15, -0.1) is 12.4 Å². The Bertz CT molecular complexity index is 1350. The minimum absolute atomic E-state index is 0. The minimum Gasteiger partial charge on any atom is -0.461 e. The van der Waals surface area contributed by atoms with Crippen molar-refractivity contribution >= 4 is 80.7 Å². The highest BCUT2D eigenvalue weighted by molar-refractivity contribution is 7.88. The van der Waals surface area contributed by atoms with E-state index in [4.69, 9.17) is 51.1 Å². The third-order valence-corrected chi connectivity index (χ3v) is 9.65. The molecular formula is C26H30Cl5N3O5S. The van der Waals surface area contributed by atoms with Gasteiger partial charge >= 0.3 is 5.97 Å². The predicted molar refractivity (Wildman–Crippen MR) is 160 cm³/mol.